The number of anilines is 1. The van der Waals surface area contributed by atoms with Crippen LogP contribution in [0.1, 0.15) is 48.0 Å². The van der Waals surface area contributed by atoms with E-state index in [-0.39, 0.29) is 37.3 Å². The summed E-state index contributed by atoms with van der Waals surface area (Å²) in [6.45, 7) is 0.287. The van der Waals surface area contributed by atoms with Gasteiger partial charge in [-0.2, -0.15) is 28.5 Å². The van der Waals surface area contributed by atoms with Gasteiger partial charge in [0, 0.05) is 43.2 Å². The normalized spacial score (nSPS) is 16.9. The maximum absolute atomic E-state index is 13.5. The second-order valence-corrected chi connectivity index (χ2v) is 10.3. The van der Waals surface area contributed by atoms with Crippen molar-refractivity contribution in [3.05, 3.63) is 60.2 Å². The molecule has 41 heavy (non-hydrogen) atoms. The molecule has 11 nitrogen and oxygen atoms in total. The van der Waals surface area contributed by atoms with Crippen molar-refractivity contribution < 1.29 is 22.8 Å². The van der Waals surface area contributed by atoms with Crippen molar-refractivity contribution in [1.82, 2.24) is 34.3 Å². The molecule has 1 N–H and O–H groups in total. The summed E-state index contributed by atoms with van der Waals surface area (Å²) in [5.41, 5.74) is -0.381. The number of fused-ring (bicyclic) bond motifs is 1. The molecule has 14 heteroatoms. The average molecular weight is 564 g/mol. The predicted molar refractivity (Wildman–Crippen MR) is 138 cm³/mol. The summed E-state index contributed by atoms with van der Waals surface area (Å²) in [4.78, 5) is 34.7. The maximum Gasteiger partial charge on any atom is 0.417 e. The molecule has 210 valence electrons. The van der Waals surface area contributed by atoms with Gasteiger partial charge in [-0.05, 0) is 43.9 Å². The van der Waals surface area contributed by atoms with E-state index in [1.54, 1.807) is 27.7 Å². The molecule has 0 radical (unpaired) electrons. The fourth-order valence-electron chi connectivity index (χ4n) is 5.19. The second kappa shape index (κ2) is 9.99. The summed E-state index contributed by atoms with van der Waals surface area (Å²) in [6.07, 6.45) is 3.15. The molecule has 0 spiro atoms. The standard InChI is InChI=1S/C27H24F3N9O2/c28-27(29,30)20-6-11-32-15-19(20)24(41)37-12-8-26(7-10-31,9-13-37)38-16-18(14-33-38)21-2-1-3-22-34-25(36-39(21)22)35-23(40)17-4-5-17/h1-3,6,11,14-17H,4-5,7-9,12-13H2,(H,35,36,40). The highest BCUT2D eigenvalue weighted by Gasteiger charge is 2.41. The van der Waals surface area contributed by atoms with Crippen LogP contribution in [-0.4, -0.2) is 59.2 Å². The average Bonchev–Trinajstić information content (AvgIpc) is 3.55. The van der Waals surface area contributed by atoms with Crippen LogP contribution in [-0.2, 0) is 16.5 Å². The Bertz CT molecular complexity index is 1670. The molecule has 2 amide bonds. The number of nitrogens with one attached hydrogen (secondary N) is 1. The Labute approximate surface area is 231 Å². The molecule has 2 aliphatic rings. The lowest BCUT2D eigenvalue weighted by Crippen LogP contribution is -2.48. The zero-order chi connectivity index (χ0) is 28.8. The first-order valence-electron chi connectivity index (χ1n) is 13.1. The van der Waals surface area contributed by atoms with Crippen LogP contribution in [0.15, 0.2) is 49.1 Å². The molecule has 6 rings (SSSR count). The van der Waals surface area contributed by atoms with Crippen LogP contribution in [0.5, 0.6) is 0 Å². The molecule has 5 heterocycles. The van der Waals surface area contributed by atoms with Crippen LogP contribution in [0.2, 0.25) is 0 Å². The first kappa shape index (κ1) is 26.4. The smallest absolute Gasteiger partial charge is 0.338 e. The highest BCUT2D eigenvalue weighted by atomic mass is 19.4. The number of hydrogen-bond donors (Lipinski definition) is 1. The quantitative estimate of drug-likeness (QED) is 0.376. The largest absolute Gasteiger partial charge is 0.417 e. The van der Waals surface area contributed by atoms with Gasteiger partial charge in [0.25, 0.3) is 5.91 Å². The SMILES string of the molecule is N#CCC1(n2cc(-c3cccc4nc(NC(=O)C5CC5)nn34)cn2)CCN(C(=O)c2cnccc2C(F)(F)F)CC1. The van der Waals surface area contributed by atoms with Crippen LogP contribution in [0.4, 0.5) is 19.1 Å². The van der Waals surface area contributed by atoms with Crippen LogP contribution in [0, 0.1) is 17.2 Å². The number of halogens is 3. The molecule has 1 aliphatic carbocycles. The summed E-state index contributed by atoms with van der Waals surface area (Å²) < 4.78 is 43.7. The number of rotatable bonds is 6. The Balaban J connectivity index is 1.23. The van der Waals surface area contributed by atoms with E-state index in [4.69, 9.17) is 0 Å². The van der Waals surface area contributed by atoms with Crippen molar-refractivity contribution in [2.24, 2.45) is 5.92 Å². The highest BCUT2D eigenvalue weighted by Crippen LogP contribution is 2.37. The van der Waals surface area contributed by atoms with Crippen molar-refractivity contribution in [1.29, 1.82) is 5.26 Å². The van der Waals surface area contributed by atoms with Crippen molar-refractivity contribution >= 4 is 23.4 Å². The molecule has 2 fully saturated rings. The number of pyridine rings is 2. The number of alkyl halides is 3. The minimum atomic E-state index is -4.68. The number of piperidine rings is 1. The van der Waals surface area contributed by atoms with Crippen molar-refractivity contribution in [2.75, 3.05) is 18.4 Å². The molecule has 1 saturated carbocycles. The molecule has 1 saturated heterocycles. The number of hydrogen-bond acceptors (Lipinski definition) is 7. The first-order valence-corrected chi connectivity index (χ1v) is 13.1. The summed E-state index contributed by atoms with van der Waals surface area (Å²) in [6, 6.07) is 8.41. The fourth-order valence-corrected chi connectivity index (χ4v) is 5.19. The van der Waals surface area contributed by atoms with Crippen LogP contribution >= 0.6 is 0 Å². The van der Waals surface area contributed by atoms with Gasteiger partial charge in [-0.1, -0.05) is 6.07 Å². The van der Waals surface area contributed by atoms with Crippen LogP contribution in [0.3, 0.4) is 0 Å². The summed E-state index contributed by atoms with van der Waals surface area (Å²) in [7, 11) is 0. The predicted octanol–water partition coefficient (Wildman–Crippen LogP) is 3.90. The van der Waals surface area contributed by atoms with Gasteiger partial charge in [-0.15, -0.1) is 5.10 Å². The van der Waals surface area contributed by atoms with Crippen molar-refractivity contribution in [2.45, 2.75) is 43.8 Å². The van der Waals surface area contributed by atoms with E-state index >= 15 is 0 Å². The zero-order valence-electron chi connectivity index (χ0n) is 21.7. The van der Waals surface area contributed by atoms with Gasteiger partial charge in [0.1, 0.15) is 0 Å². The van der Waals surface area contributed by atoms with Crippen molar-refractivity contribution in [3.8, 4) is 17.3 Å². The Morgan fingerprint density at radius 1 is 1.15 bits per heavy atom. The third kappa shape index (κ3) is 4.99. The lowest BCUT2D eigenvalue weighted by molar-refractivity contribution is -0.138. The lowest BCUT2D eigenvalue weighted by atomic mass is 9.84. The van der Waals surface area contributed by atoms with E-state index in [0.29, 0.717) is 29.7 Å². The number of aromatic nitrogens is 6. The zero-order valence-corrected chi connectivity index (χ0v) is 21.7. The second-order valence-electron chi connectivity index (χ2n) is 10.3. The Morgan fingerprint density at radius 2 is 1.93 bits per heavy atom. The molecular weight excluding hydrogens is 539 g/mol. The molecule has 0 atom stereocenters. The highest BCUT2D eigenvalue weighted by molar-refractivity contribution is 5.95. The topological polar surface area (TPSA) is 134 Å². The Kier molecular flexibility index (Phi) is 6.44. The number of likely N-dealkylation sites (tertiary alicyclic amines) is 1. The number of carbonyl (C=O) groups excluding carboxylic acids is 2. The Morgan fingerprint density at radius 3 is 2.63 bits per heavy atom. The van der Waals surface area contributed by atoms with Gasteiger partial charge >= 0.3 is 6.18 Å². The Hall–Kier alpha value is -4.80. The molecular formula is C27H24F3N9O2. The van der Waals surface area contributed by atoms with Crippen LogP contribution in [0.25, 0.3) is 16.9 Å². The van der Waals surface area contributed by atoms with Gasteiger partial charge in [-0.3, -0.25) is 24.6 Å². The van der Waals surface area contributed by atoms with Crippen molar-refractivity contribution in [3.63, 3.8) is 0 Å². The van der Waals surface area contributed by atoms with E-state index in [1.807, 2.05) is 12.1 Å². The first-order chi connectivity index (χ1) is 19.7. The van der Waals surface area contributed by atoms with Crippen LogP contribution < -0.4 is 5.32 Å². The number of amides is 2. The number of nitrogens with zero attached hydrogens (tertiary/aromatic N) is 8. The van der Waals surface area contributed by atoms with Gasteiger partial charge < -0.3 is 4.90 Å². The fraction of sp³-hybridized carbons (Fsp3) is 0.370. The minimum Gasteiger partial charge on any atom is -0.338 e. The molecule has 1 aliphatic heterocycles. The molecule has 0 bridgehead atoms. The summed E-state index contributed by atoms with van der Waals surface area (Å²) >= 11 is 0. The monoisotopic (exact) mass is 563 g/mol. The minimum absolute atomic E-state index is 0.00778. The number of carbonyl (C=O) groups is 2. The van der Waals surface area contributed by atoms with Gasteiger partial charge in [0.05, 0.1) is 41.0 Å². The molecule has 0 unspecified atom stereocenters. The van der Waals surface area contributed by atoms with E-state index in [0.717, 1.165) is 31.3 Å². The summed E-state index contributed by atoms with van der Waals surface area (Å²) in [5.74, 6) is -0.633. The third-order valence-corrected chi connectivity index (χ3v) is 7.65. The third-order valence-electron chi connectivity index (χ3n) is 7.65. The van der Waals surface area contributed by atoms with Gasteiger partial charge in [0.15, 0.2) is 5.65 Å². The molecule has 4 aromatic heterocycles. The van der Waals surface area contributed by atoms with E-state index < -0.39 is 28.7 Å². The molecule has 4 aromatic rings. The van der Waals surface area contributed by atoms with Gasteiger partial charge in [0.2, 0.25) is 11.9 Å². The summed E-state index contributed by atoms with van der Waals surface area (Å²) in [5, 5.41) is 21.4. The maximum atomic E-state index is 13.5. The number of nitriles is 1. The van der Waals surface area contributed by atoms with E-state index in [2.05, 4.69) is 31.6 Å². The van der Waals surface area contributed by atoms with E-state index in [9.17, 15) is 28.0 Å². The molecule has 0 aromatic carbocycles. The van der Waals surface area contributed by atoms with Gasteiger partial charge in [-0.25, -0.2) is 4.52 Å². The lowest BCUT2D eigenvalue weighted by Gasteiger charge is -2.41. The van der Waals surface area contributed by atoms with E-state index in [1.165, 1.54) is 4.90 Å².